The fraction of sp³-hybridized carbons (Fsp3) is 0.364. The van der Waals surface area contributed by atoms with Gasteiger partial charge in [0.05, 0.1) is 5.41 Å². The summed E-state index contributed by atoms with van der Waals surface area (Å²) in [6, 6.07) is 7.33. The number of carbonyl (C=O) groups excluding carboxylic acids is 1. The number of carbonyl (C=O) groups is 1. The van der Waals surface area contributed by atoms with E-state index in [-0.39, 0.29) is 5.24 Å². The van der Waals surface area contributed by atoms with Crippen LogP contribution >= 0.6 is 11.6 Å². The number of anilines is 1. The molecule has 14 heavy (non-hydrogen) atoms. The van der Waals surface area contributed by atoms with E-state index in [1.165, 1.54) is 0 Å². The molecular formula is C11H14ClNO. The van der Waals surface area contributed by atoms with E-state index in [1.54, 1.807) is 6.07 Å². The fourth-order valence-corrected chi connectivity index (χ4v) is 1.67. The monoisotopic (exact) mass is 211 g/mol. The highest BCUT2D eigenvalue weighted by molar-refractivity contribution is 6.65. The van der Waals surface area contributed by atoms with Crippen LogP contribution in [0.3, 0.4) is 0 Å². The van der Waals surface area contributed by atoms with E-state index in [9.17, 15) is 4.79 Å². The average Bonchev–Trinajstić information content (AvgIpc) is 2.17. The van der Waals surface area contributed by atoms with Crippen LogP contribution in [0.15, 0.2) is 24.3 Å². The number of hydrogen-bond donors (Lipinski definition) is 1. The maximum atomic E-state index is 11.4. The topological polar surface area (TPSA) is 43.1 Å². The lowest BCUT2D eigenvalue weighted by molar-refractivity contribution is -0.116. The number of benzene rings is 1. The summed E-state index contributed by atoms with van der Waals surface area (Å²) in [5.74, 6) is 0. The zero-order valence-corrected chi connectivity index (χ0v) is 9.14. The minimum Gasteiger partial charge on any atom is -0.398 e. The van der Waals surface area contributed by atoms with Crippen LogP contribution in [-0.2, 0) is 10.2 Å². The Kier molecular flexibility index (Phi) is 3.17. The lowest BCUT2D eigenvalue weighted by atomic mass is 9.80. The molecule has 0 heterocycles. The van der Waals surface area contributed by atoms with E-state index in [0.29, 0.717) is 12.1 Å². The maximum absolute atomic E-state index is 11.4. The van der Waals surface area contributed by atoms with Crippen LogP contribution < -0.4 is 5.73 Å². The molecule has 0 saturated carbocycles. The molecule has 0 bridgehead atoms. The second-order valence-electron chi connectivity index (χ2n) is 3.55. The van der Waals surface area contributed by atoms with Crippen LogP contribution in [-0.4, -0.2) is 5.24 Å². The van der Waals surface area contributed by atoms with Gasteiger partial charge in [0, 0.05) is 5.69 Å². The summed E-state index contributed by atoms with van der Waals surface area (Å²) in [6.07, 6.45) is 0.642. The predicted molar refractivity (Wildman–Crippen MR) is 59.4 cm³/mol. The third-order valence-corrected chi connectivity index (χ3v) is 3.11. The number of hydrogen-bond acceptors (Lipinski definition) is 2. The van der Waals surface area contributed by atoms with Crippen molar-refractivity contribution in [2.45, 2.75) is 25.7 Å². The molecule has 0 aromatic heterocycles. The van der Waals surface area contributed by atoms with Crippen molar-refractivity contribution in [2.75, 3.05) is 5.73 Å². The molecule has 1 rings (SSSR count). The standard InChI is InChI=1S/C11H14ClNO/c1-3-11(2,10(12)14)8-6-4-5-7-9(8)13/h4-7H,3,13H2,1-2H3. The van der Waals surface area contributed by atoms with Crippen molar-refractivity contribution >= 4 is 22.5 Å². The first-order valence-corrected chi connectivity index (χ1v) is 4.95. The van der Waals surface area contributed by atoms with Crippen molar-refractivity contribution < 1.29 is 4.79 Å². The van der Waals surface area contributed by atoms with Crippen molar-refractivity contribution in [1.29, 1.82) is 0 Å². The Balaban J connectivity index is 3.26. The van der Waals surface area contributed by atoms with Crippen molar-refractivity contribution in [1.82, 2.24) is 0 Å². The number of nitrogens with two attached hydrogens (primary N) is 1. The molecule has 0 fully saturated rings. The molecule has 1 unspecified atom stereocenters. The van der Waals surface area contributed by atoms with Gasteiger partial charge in [-0.1, -0.05) is 25.1 Å². The van der Waals surface area contributed by atoms with Crippen molar-refractivity contribution in [3.63, 3.8) is 0 Å². The van der Waals surface area contributed by atoms with Gasteiger partial charge in [0.2, 0.25) is 5.24 Å². The first kappa shape index (κ1) is 11.1. The van der Waals surface area contributed by atoms with Crippen molar-refractivity contribution in [2.24, 2.45) is 0 Å². The van der Waals surface area contributed by atoms with Gasteiger partial charge in [0.15, 0.2) is 0 Å². The van der Waals surface area contributed by atoms with Crippen LogP contribution in [0.25, 0.3) is 0 Å². The molecular weight excluding hydrogens is 198 g/mol. The van der Waals surface area contributed by atoms with Crippen molar-refractivity contribution in [3.05, 3.63) is 29.8 Å². The molecule has 1 aromatic rings. The van der Waals surface area contributed by atoms with Gasteiger partial charge >= 0.3 is 0 Å². The summed E-state index contributed by atoms with van der Waals surface area (Å²) in [4.78, 5) is 11.4. The molecule has 3 heteroatoms. The summed E-state index contributed by atoms with van der Waals surface area (Å²) in [5.41, 5.74) is 6.56. The number of halogens is 1. The summed E-state index contributed by atoms with van der Waals surface area (Å²) < 4.78 is 0. The van der Waals surface area contributed by atoms with Gasteiger partial charge in [-0.05, 0) is 36.6 Å². The third kappa shape index (κ3) is 1.75. The molecule has 0 aliphatic rings. The molecule has 1 aromatic carbocycles. The molecule has 0 amide bonds. The Morgan fingerprint density at radius 1 is 1.50 bits per heavy atom. The Labute approximate surface area is 89.1 Å². The number of para-hydroxylation sites is 1. The fourth-order valence-electron chi connectivity index (χ4n) is 1.43. The first-order valence-electron chi connectivity index (χ1n) is 4.57. The normalized spacial score (nSPS) is 14.8. The molecule has 76 valence electrons. The van der Waals surface area contributed by atoms with Crippen LogP contribution in [0.1, 0.15) is 25.8 Å². The molecule has 0 saturated heterocycles. The van der Waals surface area contributed by atoms with E-state index in [2.05, 4.69) is 0 Å². The predicted octanol–water partition coefficient (Wildman–Crippen LogP) is 2.70. The zero-order chi connectivity index (χ0) is 10.8. The van der Waals surface area contributed by atoms with Crippen molar-refractivity contribution in [3.8, 4) is 0 Å². The minimum atomic E-state index is -0.674. The quantitative estimate of drug-likeness (QED) is 0.617. The molecule has 1 atom stereocenters. The highest BCUT2D eigenvalue weighted by Gasteiger charge is 2.33. The van der Waals surface area contributed by atoms with Gasteiger partial charge < -0.3 is 5.73 Å². The highest BCUT2D eigenvalue weighted by atomic mass is 35.5. The summed E-state index contributed by atoms with van der Waals surface area (Å²) in [7, 11) is 0. The largest absolute Gasteiger partial charge is 0.398 e. The lowest BCUT2D eigenvalue weighted by Gasteiger charge is -2.25. The number of rotatable bonds is 3. The van der Waals surface area contributed by atoms with Crippen LogP contribution in [0.4, 0.5) is 5.69 Å². The number of nitrogen functional groups attached to an aromatic ring is 1. The summed E-state index contributed by atoms with van der Waals surface area (Å²) in [5, 5.41) is -0.363. The van der Waals surface area contributed by atoms with E-state index >= 15 is 0 Å². The van der Waals surface area contributed by atoms with E-state index in [4.69, 9.17) is 17.3 Å². The molecule has 0 spiro atoms. The Bertz CT molecular complexity index is 351. The summed E-state index contributed by atoms with van der Waals surface area (Å²) in [6.45, 7) is 3.74. The van der Waals surface area contributed by atoms with E-state index in [0.717, 1.165) is 5.56 Å². The van der Waals surface area contributed by atoms with Gasteiger partial charge in [0.1, 0.15) is 0 Å². The maximum Gasteiger partial charge on any atom is 0.231 e. The SMILES string of the molecule is CCC(C)(C(=O)Cl)c1ccccc1N. The Hall–Kier alpha value is -1.02. The van der Waals surface area contributed by atoms with Crippen LogP contribution in [0.5, 0.6) is 0 Å². The van der Waals surface area contributed by atoms with Gasteiger partial charge in [-0.3, -0.25) is 4.79 Å². The summed E-state index contributed by atoms with van der Waals surface area (Å²) >= 11 is 5.60. The smallest absolute Gasteiger partial charge is 0.231 e. The van der Waals surface area contributed by atoms with Crippen LogP contribution in [0, 0.1) is 0 Å². The van der Waals surface area contributed by atoms with Crippen LogP contribution in [0.2, 0.25) is 0 Å². The first-order chi connectivity index (χ1) is 6.52. The Morgan fingerprint density at radius 2 is 2.07 bits per heavy atom. The lowest BCUT2D eigenvalue weighted by Crippen LogP contribution is -2.29. The zero-order valence-electron chi connectivity index (χ0n) is 8.38. The van der Waals surface area contributed by atoms with Gasteiger partial charge in [-0.15, -0.1) is 0 Å². The van der Waals surface area contributed by atoms with E-state index < -0.39 is 5.41 Å². The van der Waals surface area contributed by atoms with Gasteiger partial charge in [-0.2, -0.15) is 0 Å². The average molecular weight is 212 g/mol. The second kappa shape index (κ2) is 4.01. The molecule has 2 nitrogen and oxygen atoms in total. The molecule has 2 N–H and O–H groups in total. The highest BCUT2D eigenvalue weighted by Crippen LogP contribution is 2.33. The minimum absolute atomic E-state index is 0.363. The molecule has 0 aliphatic carbocycles. The molecule has 0 aliphatic heterocycles. The van der Waals surface area contributed by atoms with Gasteiger partial charge in [0.25, 0.3) is 0 Å². The third-order valence-electron chi connectivity index (χ3n) is 2.70. The van der Waals surface area contributed by atoms with E-state index in [1.807, 2.05) is 32.0 Å². The Morgan fingerprint density at radius 3 is 2.50 bits per heavy atom. The van der Waals surface area contributed by atoms with Gasteiger partial charge in [-0.25, -0.2) is 0 Å². The second-order valence-corrected chi connectivity index (χ2v) is 3.89. The molecule has 0 radical (unpaired) electrons.